The van der Waals surface area contributed by atoms with E-state index in [4.69, 9.17) is 14.2 Å². The largest absolute Gasteiger partial charge is 0.482 e. The molecule has 1 aromatic carbocycles. The predicted octanol–water partition coefficient (Wildman–Crippen LogP) is -1.22. The molecular formula is C17H18N2O8. The second kappa shape index (κ2) is 8.16. The number of aromatic amines is 1. The zero-order valence-corrected chi connectivity index (χ0v) is 14.1. The minimum absolute atomic E-state index is 0.335. The lowest BCUT2D eigenvalue weighted by molar-refractivity contribution is -0.152. The van der Waals surface area contributed by atoms with Crippen molar-refractivity contribution in [2.75, 3.05) is 13.2 Å². The van der Waals surface area contributed by atoms with Gasteiger partial charge in [-0.05, 0) is 12.1 Å². The van der Waals surface area contributed by atoms with Crippen molar-refractivity contribution in [3.05, 3.63) is 63.4 Å². The molecule has 0 unspecified atom stereocenters. The molecule has 1 fully saturated rings. The summed E-state index contributed by atoms with van der Waals surface area (Å²) in [5.74, 6) is -0.187. The Kier molecular flexibility index (Phi) is 5.69. The Morgan fingerprint density at radius 1 is 1.15 bits per heavy atom. The van der Waals surface area contributed by atoms with Crippen LogP contribution in [0.15, 0.2) is 52.2 Å². The van der Waals surface area contributed by atoms with Crippen molar-refractivity contribution in [3.8, 4) is 5.75 Å². The van der Waals surface area contributed by atoms with E-state index >= 15 is 0 Å². The number of aliphatic hydroxyl groups is 2. The summed E-state index contributed by atoms with van der Waals surface area (Å²) < 4.78 is 16.6. The first kappa shape index (κ1) is 18.8. The number of carbonyl (C=O) groups is 1. The molecule has 0 radical (unpaired) electrons. The van der Waals surface area contributed by atoms with E-state index in [1.54, 1.807) is 30.3 Å². The van der Waals surface area contributed by atoms with Crippen LogP contribution in [0.25, 0.3) is 0 Å². The van der Waals surface area contributed by atoms with E-state index in [2.05, 4.69) is 0 Å². The summed E-state index contributed by atoms with van der Waals surface area (Å²) in [4.78, 5) is 36.7. The van der Waals surface area contributed by atoms with Gasteiger partial charge in [0.25, 0.3) is 5.56 Å². The molecule has 0 aliphatic carbocycles. The number of aromatic nitrogens is 2. The zero-order valence-electron chi connectivity index (χ0n) is 14.1. The van der Waals surface area contributed by atoms with Gasteiger partial charge in [0.15, 0.2) is 12.8 Å². The Balaban J connectivity index is 1.55. The number of hydrogen-bond acceptors (Lipinski definition) is 8. The first-order valence-corrected chi connectivity index (χ1v) is 8.12. The van der Waals surface area contributed by atoms with Crippen molar-refractivity contribution >= 4 is 5.97 Å². The molecular weight excluding hydrogens is 360 g/mol. The van der Waals surface area contributed by atoms with Gasteiger partial charge in [0.05, 0.1) is 0 Å². The van der Waals surface area contributed by atoms with Crippen LogP contribution in [0.1, 0.15) is 6.23 Å². The van der Waals surface area contributed by atoms with Crippen LogP contribution in [0.4, 0.5) is 0 Å². The number of rotatable bonds is 6. The van der Waals surface area contributed by atoms with Crippen molar-refractivity contribution in [1.29, 1.82) is 0 Å². The summed E-state index contributed by atoms with van der Waals surface area (Å²) >= 11 is 0. The average molecular weight is 378 g/mol. The number of benzene rings is 1. The number of nitrogens with zero attached hydrogens (tertiary/aromatic N) is 1. The third kappa shape index (κ3) is 4.42. The van der Waals surface area contributed by atoms with Crippen molar-refractivity contribution in [2.45, 2.75) is 24.5 Å². The number of esters is 1. The summed E-state index contributed by atoms with van der Waals surface area (Å²) in [6, 6.07) is 9.75. The molecule has 10 heteroatoms. The Labute approximate surface area is 152 Å². The third-order valence-corrected chi connectivity index (χ3v) is 3.97. The minimum atomic E-state index is -1.45. The Morgan fingerprint density at radius 3 is 2.59 bits per heavy atom. The van der Waals surface area contributed by atoms with Gasteiger partial charge in [0.1, 0.15) is 30.7 Å². The smallest absolute Gasteiger partial charge is 0.344 e. The minimum Gasteiger partial charge on any atom is -0.482 e. The molecule has 10 nitrogen and oxygen atoms in total. The van der Waals surface area contributed by atoms with Gasteiger partial charge >= 0.3 is 11.7 Å². The molecule has 2 aromatic rings. The lowest BCUT2D eigenvalue weighted by atomic mass is 10.1. The van der Waals surface area contributed by atoms with E-state index in [0.717, 1.165) is 16.8 Å². The maximum atomic E-state index is 11.8. The van der Waals surface area contributed by atoms with E-state index in [1.165, 1.54) is 0 Å². The number of H-pyrrole nitrogens is 1. The fraction of sp³-hybridized carbons (Fsp3) is 0.353. The number of carbonyl (C=O) groups excluding carboxylic acids is 1. The van der Waals surface area contributed by atoms with Crippen molar-refractivity contribution < 1.29 is 29.2 Å². The lowest BCUT2D eigenvalue weighted by Crippen LogP contribution is -2.37. The standard InChI is InChI=1S/C17H18N2O8/c20-12-6-7-19(17(24)18-12)16-15(23)14(22)11(27-16)8-26-13(21)9-25-10-4-2-1-3-5-10/h1-7,11,14-16,22-23H,8-9H2,(H,18,20,24)/t11-,14-,15-,16-/m1/s1. The Hall–Kier alpha value is -2.95. The maximum Gasteiger partial charge on any atom is 0.344 e. The maximum absolute atomic E-state index is 11.8. The number of para-hydroxylation sites is 1. The van der Waals surface area contributed by atoms with Crippen LogP contribution >= 0.6 is 0 Å². The summed E-state index contributed by atoms with van der Waals surface area (Å²) in [7, 11) is 0. The summed E-state index contributed by atoms with van der Waals surface area (Å²) in [5.41, 5.74) is -1.40. The lowest BCUT2D eigenvalue weighted by Gasteiger charge is -2.16. The van der Waals surface area contributed by atoms with Crippen LogP contribution in [0.5, 0.6) is 5.75 Å². The van der Waals surface area contributed by atoms with E-state index in [1.807, 2.05) is 4.98 Å². The normalized spacial score (nSPS) is 24.5. The van der Waals surface area contributed by atoms with Crippen LogP contribution in [-0.2, 0) is 14.3 Å². The molecule has 0 amide bonds. The predicted molar refractivity (Wildman–Crippen MR) is 90.1 cm³/mol. The van der Waals surface area contributed by atoms with Crippen molar-refractivity contribution in [1.82, 2.24) is 9.55 Å². The highest BCUT2D eigenvalue weighted by Crippen LogP contribution is 2.28. The summed E-state index contributed by atoms with van der Waals surface area (Å²) in [5, 5.41) is 20.2. The zero-order chi connectivity index (χ0) is 19.4. The van der Waals surface area contributed by atoms with Gasteiger partial charge in [-0.15, -0.1) is 0 Å². The highest BCUT2D eigenvalue weighted by Gasteiger charge is 2.44. The third-order valence-electron chi connectivity index (χ3n) is 3.97. The second-order valence-electron chi connectivity index (χ2n) is 5.85. The van der Waals surface area contributed by atoms with Crippen molar-refractivity contribution in [2.24, 2.45) is 0 Å². The van der Waals surface area contributed by atoms with Gasteiger partial charge in [-0.25, -0.2) is 9.59 Å². The van der Waals surface area contributed by atoms with Crippen LogP contribution in [0.3, 0.4) is 0 Å². The number of nitrogens with one attached hydrogen (secondary N) is 1. The van der Waals surface area contributed by atoms with Crippen molar-refractivity contribution in [3.63, 3.8) is 0 Å². The van der Waals surface area contributed by atoms with E-state index in [9.17, 15) is 24.6 Å². The molecule has 1 aromatic heterocycles. The Bertz CT molecular complexity index is 894. The molecule has 144 valence electrons. The number of hydrogen-bond donors (Lipinski definition) is 3. The highest BCUT2D eigenvalue weighted by molar-refractivity contribution is 5.71. The van der Waals surface area contributed by atoms with E-state index in [0.29, 0.717) is 5.75 Å². The molecule has 4 atom stereocenters. The van der Waals surface area contributed by atoms with Gasteiger partial charge < -0.3 is 24.4 Å². The monoisotopic (exact) mass is 378 g/mol. The molecule has 3 N–H and O–H groups in total. The van der Waals surface area contributed by atoms with Gasteiger partial charge in [-0.1, -0.05) is 18.2 Å². The first-order chi connectivity index (χ1) is 13.0. The van der Waals surface area contributed by atoms with E-state index in [-0.39, 0.29) is 13.2 Å². The molecule has 1 aliphatic heterocycles. The fourth-order valence-corrected chi connectivity index (χ4v) is 2.60. The molecule has 1 saturated heterocycles. The molecule has 2 heterocycles. The SMILES string of the molecule is O=C(COc1ccccc1)OC[C@H]1O[C@@H](n2ccc(=O)[nH]c2=O)[C@H](O)[C@@H]1O. The van der Waals surface area contributed by atoms with Gasteiger partial charge in [0.2, 0.25) is 0 Å². The van der Waals surface area contributed by atoms with Gasteiger partial charge in [-0.2, -0.15) is 0 Å². The number of aliphatic hydroxyl groups excluding tert-OH is 2. The van der Waals surface area contributed by atoms with E-state index < -0.39 is 41.8 Å². The van der Waals surface area contributed by atoms with Crippen LogP contribution in [0, 0.1) is 0 Å². The van der Waals surface area contributed by atoms with Gasteiger partial charge in [0, 0.05) is 12.3 Å². The van der Waals surface area contributed by atoms with Crippen LogP contribution in [-0.4, -0.2) is 57.3 Å². The highest BCUT2D eigenvalue weighted by atomic mass is 16.6. The summed E-state index contributed by atoms with van der Waals surface area (Å²) in [6.07, 6.45) is -3.98. The molecule has 0 saturated carbocycles. The molecule has 1 aliphatic rings. The first-order valence-electron chi connectivity index (χ1n) is 8.12. The molecule has 3 rings (SSSR count). The quantitative estimate of drug-likeness (QED) is 0.531. The van der Waals surface area contributed by atoms with Gasteiger partial charge in [-0.3, -0.25) is 14.3 Å². The fourth-order valence-electron chi connectivity index (χ4n) is 2.60. The number of ether oxygens (including phenoxy) is 3. The topological polar surface area (TPSA) is 140 Å². The Morgan fingerprint density at radius 2 is 1.89 bits per heavy atom. The average Bonchev–Trinajstić information content (AvgIpc) is 2.94. The van der Waals surface area contributed by atoms with Crippen LogP contribution in [0.2, 0.25) is 0 Å². The molecule has 27 heavy (non-hydrogen) atoms. The second-order valence-corrected chi connectivity index (χ2v) is 5.85. The molecule has 0 spiro atoms. The molecule has 0 bridgehead atoms. The van der Waals surface area contributed by atoms with Crippen LogP contribution < -0.4 is 16.0 Å². The summed E-state index contributed by atoms with van der Waals surface area (Å²) in [6.45, 7) is -0.679.